The molecule has 3 aliphatic rings. The van der Waals surface area contributed by atoms with E-state index in [4.69, 9.17) is 23.7 Å². The van der Waals surface area contributed by atoms with E-state index in [1.54, 1.807) is 50.0 Å². The fraction of sp³-hybridized carbons (Fsp3) is 0.464. The lowest BCUT2D eigenvalue weighted by Gasteiger charge is -2.36. The minimum absolute atomic E-state index is 0.114. The van der Waals surface area contributed by atoms with Gasteiger partial charge in [0.1, 0.15) is 12.2 Å². The van der Waals surface area contributed by atoms with Crippen molar-refractivity contribution in [2.75, 3.05) is 13.7 Å². The van der Waals surface area contributed by atoms with Crippen molar-refractivity contribution < 1.29 is 38.1 Å². The van der Waals surface area contributed by atoms with E-state index in [-0.39, 0.29) is 13.2 Å². The average molecular weight is 525 g/mol. The van der Waals surface area contributed by atoms with Gasteiger partial charge in [0.15, 0.2) is 11.8 Å². The minimum atomic E-state index is -1.07. The van der Waals surface area contributed by atoms with Crippen LogP contribution >= 0.6 is 0 Å². The van der Waals surface area contributed by atoms with Crippen LogP contribution in [0.3, 0.4) is 0 Å². The predicted octanol–water partition coefficient (Wildman–Crippen LogP) is 3.16. The predicted molar refractivity (Wildman–Crippen MR) is 133 cm³/mol. The lowest BCUT2D eigenvalue weighted by molar-refractivity contribution is -0.174. The summed E-state index contributed by atoms with van der Waals surface area (Å²) in [5.74, 6) is -2.76. The minimum Gasteiger partial charge on any atom is -0.467 e. The van der Waals surface area contributed by atoms with E-state index in [2.05, 4.69) is 0 Å². The molecule has 0 aromatic heterocycles. The molecule has 2 aromatic rings. The normalized spacial score (nSPS) is 29.4. The second kappa shape index (κ2) is 10.4. The second-order valence-electron chi connectivity index (χ2n) is 9.96. The van der Waals surface area contributed by atoms with E-state index in [9.17, 15) is 14.4 Å². The zero-order valence-electron chi connectivity index (χ0n) is 21.8. The van der Waals surface area contributed by atoms with Crippen molar-refractivity contribution in [2.24, 2.45) is 5.92 Å². The van der Waals surface area contributed by atoms with Gasteiger partial charge in [-0.25, -0.2) is 24.4 Å². The van der Waals surface area contributed by atoms with E-state index in [1.165, 1.54) is 12.1 Å². The number of methoxy groups -OCH3 is 1. The van der Waals surface area contributed by atoms with E-state index >= 15 is 0 Å². The van der Waals surface area contributed by atoms with Crippen molar-refractivity contribution in [3.63, 3.8) is 0 Å². The monoisotopic (exact) mass is 524 g/mol. The molecule has 2 heterocycles. The van der Waals surface area contributed by atoms with Gasteiger partial charge in [0, 0.05) is 12.5 Å². The van der Waals surface area contributed by atoms with Gasteiger partial charge < -0.3 is 23.7 Å². The molecular formula is C28H32N2O8. The van der Waals surface area contributed by atoms with E-state index in [1.807, 2.05) is 36.4 Å². The lowest BCUT2D eigenvalue weighted by Crippen LogP contribution is -2.54. The third-order valence-electron chi connectivity index (χ3n) is 7.18. The molecule has 0 unspecified atom stereocenters. The maximum absolute atomic E-state index is 13.4. The maximum atomic E-state index is 13.4. The van der Waals surface area contributed by atoms with Gasteiger partial charge in [-0.1, -0.05) is 48.5 Å². The summed E-state index contributed by atoms with van der Waals surface area (Å²) in [6.07, 6.45) is -2.86. The molecule has 1 amide bonds. The Hall–Kier alpha value is -3.47. The topological polar surface area (TPSA) is 104 Å². The van der Waals surface area contributed by atoms with Crippen LogP contribution in [0.1, 0.15) is 36.7 Å². The first-order chi connectivity index (χ1) is 18.3. The summed E-state index contributed by atoms with van der Waals surface area (Å²) in [4.78, 5) is 39.9. The third kappa shape index (κ3) is 4.63. The summed E-state index contributed by atoms with van der Waals surface area (Å²) in [5, 5.41) is 3.03. The van der Waals surface area contributed by atoms with Crippen LogP contribution in [0, 0.1) is 5.92 Å². The van der Waals surface area contributed by atoms with Crippen molar-refractivity contribution in [3.8, 4) is 0 Å². The number of esters is 2. The lowest BCUT2D eigenvalue weighted by atomic mass is 9.93. The fourth-order valence-electron chi connectivity index (χ4n) is 5.82. The number of carbonyl (C=O) groups excluding carboxylic acids is 3. The number of ether oxygens (including phenoxy) is 5. The number of hydrogen-bond acceptors (Lipinski definition) is 9. The molecule has 1 aliphatic carbocycles. The molecule has 1 saturated carbocycles. The van der Waals surface area contributed by atoms with Crippen molar-refractivity contribution in [3.05, 3.63) is 71.8 Å². The van der Waals surface area contributed by atoms with Crippen LogP contribution in [0.15, 0.2) is 60.7 Å². The highest BCUT2D eigenvalue weighted by atomic mass is 16.8. The number of nitrogens with zero attached hydrogens (tertiary/aromatic N) is 2. The summed E-state index contributed by atoms with van der Waals surface area (Å²) in [7, 11) is 1.27. The van der Waals surface area contributed by atoms with E-state index in [0.29, 0.717) is 5.56 Å². The van der Waals surface area contributed by atoms with Crippen molar-refractivity contribution >= 4 is 18.0 Å². The van der Waals surface area contributed by atoms with Gasteiger partial charge in [0.25, 0.3) is 0 Å². The molecule has 5 rings (SSSR count). The molecule has 10 nitrogen and oxygen atoms in total. The Morgan fingerprint density at radius 1 is 0.947 bits per heavy atom. The number of fused-ring (bicyclic) bond motifs is 3. The van der Waals surface area contributed by atoms with E-state index < -0.39 is 60.1 Å². The van der Waals surface area contributed by atoms with Crippen molar-refractivity contribution in [2.45, 2.75) is 63.5 Å². The van der Waals surface area contributed by atoms with Crippen LogP contribution in [0.5, 0.6) is 0 Å². The Kier molecular flexibility index (Phi) is 7.13. The second-order valence-corrected chi connectivity index (χ2v) is 9.96. The summed E-state index contributed by atoms with van der Waals surface area (Å²) in [6.45, 7) is 5.59. The Balaban J connectivity index is 1.60. The summed E-state index contributed by atoms with van der Waals surface area (Å²) in [6, 6.07) is 16.4. The highest BCUT2D eigenvalue weighted by molar-refractivity contribution is 5.89. The van der Waals surface area contributed by atoms with Crippen molar-refractivity contribution in [1.29, 1.82) is 0 Å². The average Bonchev–Trinajstić information content (AvgIpc) is 3.50. The zero-order chi connectivity index (χ0) is 27.0. The van der Waals surface area contributed by atoms with E-state index in [0.717, 1.165) is 5.56 Å². The molecular weight excluding hydrogens is 492 g/mol. The number of carbonyl (C=O) groups is 3. The quantitative estimate of drug-likeness (QED) is 0.416. The van der Waals surface area contributed by atoms with Gasteiger partial charge in [0.2, 0.25) is 0 Å². The summed E-state index contributed by atoms with van der Waals surface area (Å²) in [5.41, 5.74) is 1.27. The molecule has 202 valence electrons. The first kappa shape index (κ1) is 26.1. The molecule has 0 bridgehead atoms. The van der Waals surface area contributed by atoms with Gasteiger partial charge in [-0.05, 0) is 38.5 Å². The standard InChI is InChI=1S/C28H32N2O8/c1-5-35-27(33)30-21(26(32)34-4)19-20(29(30)16-17-12-8-6-9-13-17)23(24-22(19)37-28(2,3)38-24)36-25(31)18-14-10-7-11-15-18/h6-15,19-24H,5,16H2,1-4H3/t19-,20-,21+,22-,23+,24-/m0/s1. The molecule has 6 atom stereocenters. The highest BCUT2D eigenvalue weighted by Crippen LogP contribution is 2.51. The Morgan fingerprint density at radius 3 is 2.21 bits per heavy atom. The van der Waals surface area contributed by atoms with Crippen LogP contribution in [-0.2, 0) is 35.0 Å². The third-order valence-corrected chi connectivity index (χ3v) is 7.18. The number of hydrogen-bond donors (Lipinski definition) is 0. The van der Waals surface area contributed by atoms with Gasteiger partial charge in [-0.3, -0.25) is 0 Å². The first-order valence-electron chi connectivity index (χ1n) is 12.7. The molecule has 2 saturated heterocycles. The molecule has 2 aromatic carbocycles. The first-order valence-corrected chi connectivity index (χ1v) is 12.7. The molecule has 0 spiro atoms. The van der Waals surface area contributed by atoms with Crippen LogP contribution < -0.4 is 0 Å². The zero-order valence-corrected chi connectivity index (χ0v) is 21.8. The summed E-state index contributed by atoms with van der Waals surface area (Å²) < 4.78 is 29.2. The Morgan fingerprint density at radius 2 is 1.58 bits per heavy atom. The van der Waals surface area contributed by atoms with Crippen LogP contribution in [0.4, 0.5) is 4.79 Å². The number of hydrazine groups is 1. The Bertz CT molecular complexity index is 1170. The van der Waals surface area contributed by atoms with Crippen LogP contribution in [0.2, 0.25) is 0 Å². The number of benzene rings is 2. The number of rotatable bonds is 6. The Labute approximate surface area is 221 Å². The van der Waals surface area contributed by atoms with Gasteiger partial charge in [-0.2, -0.15) is 0 Å². The summed E-state index contributed by atoms with van der Waals surface area (Å²) >= 11 is 0. The van der Waals surface area contributed by atoms with Crippen LogP contribution in [0.25, 0.3) is 0 Å². The SMILES string of the molecule is CCOC(=O)N1[C@@H](C(=O)OC)[C@H]2[C@@H]3OC(C)(C)O[C@@H]3[C@H](OC(=O)c3ccccc3)[C@H]2N1Cc1ccccc1. The molecule has 10 heteroatoms. The maximum Gasteiger partial charge on any atom is 0.425 e. The van der Waals surface area contributed by atoms with Gasteiger partial charge >= 0.3 is 18.0 Å². The molecule has 38 heavy (non-hydrogen) atoms. The van der Waals surface area contributed by atoms with Gasteiger partial charge in [0.05, 0.1) is 31.4 Å². The smallest absolute Gasteiger partial charge is 0.425 e. The highest BCUT2D eigenvalue weighted by Gasteiger charge is 2.71. The molecule has 0 N–H and O–H groups in total. The fourth-order valence-corrected chi connectivity index (χ4v) is 5.82. The largest absolute Gasteiger partial charge is 0.467 e. The molecule has 2 aliphatic heterocycles. The molecule has 0 radical (unpaired) electrons. The molecule has 3 fully saturated rings. The van der Waals surface area contributed by atoms with Crippen molar-refractivity contribution in [1.82, 2.24) is 10.0 Å². The number of amides is 1. The van der Waals surface area contributed by atoms with Crippen LogP contribution in [-0.4, -0.2) is 77.9 Å². The van der Waals surface area contributed by atoms with Gasteiger partial charge in [-0.15, -0.1) is 0 Å².